The van der Waals surface area contributed by atoms with Crippen molar-refractivity contribution in [2.75, 3.05) is 23.8 Å². The van der Waals surface area contributed by atoms with Crippen LogP contribution in [0.25, 0.3) is 0 Å². The summed E-state index contributed by atoms with van der Waals surface area (Å²) in [5.41, 5.74) is 0.974. The summed E-state index contributed by atoms with van der Waals surface area (Å²) in [6.07, 6.45) is 0.324. The lowest BCUT2D eigenvalue weighted by atomic mass is 10.2. The second-order valence-electron chi connectivity index (χ2n) is 4.99. The van der Waals surface area contributed by atoms with Gasteiger partial charge in [0.1, 0.15) is 0 Å². The van der Waals surface area contributed by atoms with Crippen LogP contribution < -0.4 is 0 Å². The van der Waals surface area contributed by atoms with Crippen molar-refractivity contribution >= 4 is 27.8 Å². The van der Waals surface area contributed by atoms with E-state index in [9.17, 15) is 13.2 Å². The predicted octanol–water partition coefficient (Wildman–Crippen LogP) is 1.45. The fourth-order valence-electron chi connectivity index (χ4n) is 2.38. The van der Waals surface area contributed by atoms with E-state index in [2.05, 4.69) is 0 Å². The maximum atomic E-state index is 12.5. The molecule has 0 saturated carbocycles. The first kappa shape index (κ1) is 16.3. The number of carbonyl (C=O) groups is 1. The zero-order valence-corrected chi connectivity index (χ0v) is 13.3. The van der Waals surface area contributed by atoms with Crippen molar-refractivity contribution in [1.82, 2.24) is 4.31 Å². The molecule has 0 aromatic heterocycles. The minimum atomic E-state index is -3.42. The second-order valence-corrected chi connectivity index (χ2v) is 8.18. The summed E-state index contributed by atoms with van der Waals surface area (Å²) < 4.78 is 26.3. The highest BCUT2D eigenvalue weighted by atomic mass is 32.2. The molecule has 21 heavy (non-hydrogen) atoms. The van der Waals surface area contributed by atoms with Crippen LogP contribution in [0.15, 0.2) is 30.3 Å². The number of rotatable bonds is 6. The van der Waals surface area contributed by atoms with E-state index in [1.807, 2.05) is 30.3 Å². The Labute approximate surface area is 129 Å². The van der Waals surface area contributed by atoms with Gasteiger partial charge in [0, 0.05) is 24.1 Å². The van der Waals surface area contributed by atoms with Gasteiger partial charge < -0.3 is 5.11 Å². The molecule has 1 aliphatic rings. The first-order valence-corrected chi connectivity index (χ1v) is 9.58. The van der Waals surface area contributed by atoms with Crippen LogP contribution in [-0.2, 0) is 21.2 Å². The third-order valence-electron chi connectivity index (χ3n) is 3.43. The van der Waals surface area contributed by atoms with Gasteiger partial charge >= 0.3 is 5.97 Å². The third-order valence-corrected chi connectivity index (χ3v) is 6.44. The van der Waals surface area contributed by atoms with Gasteiger partial charge in [-0.2, -0.15) is 16.1 Å². The number of sulfonamides is 1. The Morgan fingerprint density at radius 1 is 1.33 bits per heavy atom. The van der Waals surface area contributed by atoms with Crippen LogP contribution in [0.5, 0.6) is 0 Å². The summed E-state index contributed by atoms with van der Waals surface area (Å²) in [5, 5.41) is 8.93. The van der Waals surface area contributed by atoms with Gasteiger partial charge in [0.15, 0.2) is 0 Å². The molecule has 7 heteroatoms. The van der Waals surface area contributed by atoms with Crippen molar-refractivity contribution in [1.29, 1.82) is 0 Å². The highest BCUT2D eigenvalue weighted by Crippen LogP contribution is 2.22. The van der Waals surface area contributed by atoms with Crippen molar-refractivity contribution in [3.05, 3.63) is 35.9 Å². The van der Waals surface area contributed by atoms with E-state index in [0.29, 0.717) is 18.7 Å². The summed E-state index contributed by atoms with van der Waals surface area (Å²) in [6.45, 7) is 0.403. The Morgan fingerprint density at radius 2 is 2.05 bits per heavy atom. The van der Waals surface area contributed by atoms with Gasteiger partial charge in [-0.05, 0) is 12.0 Å². The van der Waals surface area contributed by atoms with E-state index < -0.39 is 22.0 Å². The first-order valence-electron chi connectivity index (χ1n) is 6.82. The molecule has 1 fully saturated rings. The number of hydrogen-bond acceptors (Lipinski definition) is 4. The highest BCUT2D eigenvalue weighted by Gasteiger charge is 2.33. The molecule has 116 valence electrons. The van der Waals surface area contributed by atoms with Crippen LogP contribution in [0, 0.1) is 0 Å². The average molecular weight is 329 g/mol. The summed E-state index contributed by atoms with van der Waals surface area (Å²) in [5.74, 6) is 0.348. The third kappa shape index (κ3) is 4.72. The molecular weight excluding hydrogens is 310 g/mol. The van der Waals surface area contributed by atoms with Gasteiger partial charge in [0.05, 0.1) is 12.2 Å². The largest absolute Gasteiger partial charge is 0.481 e. The predicted molar refractivity (Wildman–Crippen MR) is 84.0 cm³/mol. The first-order chi connectivity index (χ1) is 9.99. The molecule has 0 bridgehead atoms. The average Bonchev–Trinajstić information content (AvgIpc) is 2.46. The maximum absolute atomic E-state index is 12.5. The standard InChI is InChI=1S/C14H19NO4S2/c16-14(17)10-13-11-20-8-7-15(13)21(18,19)9-6-12-4-2-1-3-5-12/h1-5,13H,6-11H2,(H,16,17). The van der Waals surface area contributed by atoms with E-state index in [4.69, 9.17) is 5.11 Å². The zero-order chi connectivity index (χ0) is 15.3. The van der Waals surface area contributed by atoms with E-state index >= 15 is 0 Å². The Morgan fingerprint density at radius 3 is 2.71 bits per heavy atom. The number of aliphatic carboxylic acids is 1. The lowest BCUT2D eigenvalue weighted by molar-refractivity contribution is -0.137. The number of benzene rings is 1. The monoisotopic (exact) mass is 329 g/mol. The molecule has 1 unspecified atom stereocenters. The topological polar surface area (TPSA) is 74.7 Å². The summed E-state index contributed by atoms with van der Waals surface area (Å²) in [7, 11) is -3.42. The number of thioether (sulfide) groups is 1. The Balaban J connectivity index is 2.04. The minimum absolute atomic E-state index is 0.0256. The van der Waals surface area contributed by atoms with Gasteiger partial charge in [-0.15, -0.1) is 0 Å². The maximum Gasteiger partial charge on any atom is 0.305 e. The van der Waals surface area contributed by atoms with E-state index in [1.54, 1.807) is 11.8 Å². The molecule has 1 aromatic rings. The Kier molecular flexibility index (Phi) is 5.66. The number of aryl methyl sites for hydroxylation is 1. The molecule has 1 atom stereocenters. The van der Waals surface area contributed by atoms with Gasteiger partial charge in [0.2, 0.25) is 10.0 Å². The molecule has 1 N–H and O–H groups in total. The summed E-state index contributed by atoms with van der Waals surface area (Å²) in [4.78, 5) is 10.9. The normalized spacial score (nSPS) is 20.3. The summed E-state index contributed by atoms with van der Waals surface area (Å²) in [6, 6.07) is 9.02. The molecule has 0 radical (unpaired) electrons. The van der Waals surface area contributed by atoms with Crippen molar-refractivity contribution in [2.45, 2.75) is 18.9 Å². The molecule has 0 aliphatic carbocycles. The van der Waals surface area contributed by atoms with E-state index in [-0.39, 0.29) is 12.2 Å². The van der Waals surface area contributed by atoms with Crippen molar-refractivity contribution in [2.24, 2.45) is 0 Å². The molecule has 1 heterocycles. The van der Waals surface area contributed by atoms with Crippen molar-refractivity contribution in [3.8, 4) is 0 Å². The van der Waals surface area contributed by atoms with Crippen LogP contribution in [0.2, 0.25) is 0 Å². The lowest BCUT2D eigenvalue weighted by Gasteiger charge is -2.33. The van der Waals surface area contributed by atoms with Crippen LogP contribution in [0.4, 0.5) is 0 Å². The fourth-order valence-corrected chi connectivity index (χ4v) is 5.35. The molecule has 1 aromatic carbocycles. The number of nitrogens with zero attached hydrogens (tertiary/aromatic N) is 1. The Hall–Kier alpha value is -1.05. The second kappa shape index (κ2) is 7.29. The number of carboxylic acids is 1. The van der Waals surface area contributed by atoms with Gasteiger partial charge in [-0.1, -0.05) is 30.3 Å². The molecule has 2 rings (SSSR count). The number of hydrogen-bond donors (Lipinski definition) is 1. The Bertz CT molecular complexity index is 574. The highest BCUT2D eigenvalue weighted by molar-refractivity contribution is 7.99. The molecule has 1 aliphatic heterocycles. The van der Waals surface area contributed by atoms with Crippen LogP contribution in [0.3, 0.4) is 0 Å². The van der Waals surface area contributed by atoms with Gasteiger partial charge in [-0.3, -0.25) is 4.79 Å². The van der Waals surface area contributed by atoms with Crippen molar-refractivity contribution in [3.63, 3.8) is 0 Å². The molecule has 0 amide bonds. The lowest BCUT2D eigenvalue weighted by Crippen LogP contribution is -2.48. The number of carboxylic acid groups (broad SMARTS) is 1. The SMILES string of the molecule is O=C(O)CC1CSCCN1S(=O)(=O)CCc1ccccc1. The van der Waals surface area contributed by atoms with E-state index in [0.717, 1.165) is 11.3 Å². The smallest absolute Gasteiger partial charge is 0.305 e. The van der Waals surface area contributed by atoms with Crippen molar-refractivity contribution < 1.29 is 18.3 Å². The summed E-state index contributed by atoms with van der Waals surface area (Å²) >= 11 is 1.61. The molecule has 0 spiro atoms. The van der Waals surface area contributed by atoms with E-state index in [1.165, 1.54) is 4.31 Å². The molecular formula is C14H19NO4S2. The molecule has 5 nitrogen and oxygen atoms in total. The molecule has 1 saturated heterocycles. The van der Waals surface area contributed by atoms with Crippen LogP contribution >= 0.6 is 11.8 Å². The van der Waals surface area contributed by atoms with Crippen LogP contribution in [-0.4, -0.2) is 53.6 Å². The van der Waals surface area contributed by atoms with Gasteiger partial charge in [0.25, 0.3) is 0 Å². The van der Waals surface area contributed by atoms with Gasteiger partial charge in [-0.25, -0.2) is 8.42 Å². The minimum Gasteiger partial charge on any atom is -0.481 e. The van der Waals surface area contributed by atoms with Crippen LogP contribution in [0.1, 0.15) is 12.0 Å². The quantitative estimate of drug-likeness (QED) is 0.855. The fraction of sp³-hybridized carbons (Fsp3) is 0.500. The zero-order valence-electron chi connectivity index (χ0n) is 11.6.